The second kappa shape index (κ2) is 12.3. The highest BCUT2D eigenvalue weighted by Gasteiger charge is 2.19. The number of hydrogen-bond donors (Lipinski definition) is 0. The van der Waals surface area contributed by atoms with Gasteiger partial charge in [-0.15, -0.1) is 11.3 Å². The van der Waals surface area contributed by atoms with Gasteiger partial charge in [0.15, 0.2) is 5.82 Å². The van der Waals surface area contributed by atoms with Crippen molar-refractivity contribution in [2.45, 2.75) is 12.8 Å². The van der Waals surface area contributed by atoms with Gasteiger partial charge in [0.05, 0.1) is 27.5 Å². The lowest BCUT2D eigenvalue weighted by molar-refractivity contribution is 0.547. The molecular weight excluding hydrogens is 655 g/mol. The lowest BCUT2D eigenvalue weighted by atomic mass is 9.95. The molecule has 9 aromatic rings. The summed E-state index contributed by atoms with van der Waals surface area (Å²) in [6.07, 6.45) is 6.39. The number of aromatic nitrogens is 2. The quantitative estimate of drug-likeness (QED) is 0.181. The van der Waals surface area contributed by atoms with E-state index in [9.17, 15) is 5.26 Å². The SMILES string of the molecule is N#Cc1cccc(-c2cccc(-c3nc(-c4cccc(-c5cccc(-c6cccc7c8c(oc67)CCC=C8)c5)c4)c4sc5ccccc5c4n3)c2)c1. The van der Waals surface area contributed by atoms with Gasteiger partial charge in [-0.05, 0) is 70.6 Å². The molecule has 0 N–H and O–H groups in total. The fourth-order valence-electron chi connectivity index (χ4n) is 7.43. The Hall–Kier alpha value is -6.61. The van der Waals surface area contributed by atoms with Crippen molar-refractivity contribution >= 4 is 48.7 Å². The van der Waals surface area contributed by atoms with Crippen molar-refractivity contribution < 1.29 is 4.42 Å². The maximum atomic E-state index is 9.50. The minimum absolute atomic E-state index is 0.632. The zero-order valence-corrected chi connectivity index (χ0v) is 28.8. The van der Waals surface area contributed by atoms with Gasteiger partial charge >= 0.3 is 0 Å². The standard InChI is InChI=1S/C47H29N3OS/c48-28-29-10-5-11-30(24-29)33-14-8-17-36(27-33)47-49-43(46-44(50-47)40-19-2-4-23-42(40)52-46)35-16-7-13-32(26-35)31-12-6-15-34(25-31)37-20-9-21-39-38-18-1-3-22-41(38)51-45(37)39/h1-2,4-21,23-27H,3,22H2. The number of thiophene rings is 1. The topological polar surface area (TPSA) is 62.7 Å². The Kier molecular flexibility index (Phi) is 7.16. The molecule has 0 radical (unpaired) electrons. The van der Waals surface area contributed by atoms with Gasteiger partial charge in [-0.25, -0.2) is 9.97 Å². The van der Waals surface area contributed by atoms with Crippen molar-refractivity contribution in [1.29, 1.82) is 5.26 Å². The molecule has 0 aliphatic heterocycles. The predicted molar refractivity (Wildman–Crippen MR) is 214 cm³/mol. The third-order valence-corrected chi connectivity index (χ3v) is 11.1. The second-order valence-electron chi connectivity index (χ2n) is 13.2. The Morgan fingerprint density at radius 3 is 2.10 bits per heavy atom. The van der Waals surface area contributed by atoms with Gasteiger partial charge in [0.2, 0.25) is 0 Å². The Balaban J connectivity index is 1.10. The Bertz CT molecular complexity index is 2940. The second-order valence-corrected chi connectivity index (χ2v) is 14.2. The van der Waals surface area contributed by atoms with Crippen molar-refractivity contribution in [3.8, 4) is 62.1 Å². The number of aryl methyl sites for hydroxylation is 1. The number of rotatable bonds is 5. The van der Waals surface area contributed by atoms with Gasteiger partial charge in [-0.2, -0.15) is 5.26 Å². The Morgan fingerprint density at radius 2 is 1.27 bits per heavy atom. The number of nitrogens with zero attached hydrogens (tertiary/aromatic N) is 3. The van der Waals surface area contributed by atoms with Crippen LogP contribution in [0.1, 0.15) is 23.3 Å². The van der Waals surface area contributed by atoms with Crippen LogP contribution in [-0.4, -0.2) is 9.97 Å². The fraction of sp³-hybridized carbons (Fsp3) is 0.0426. The van der Waals surface area contributed by atoms with E-state index in [-0.39, 0.29) is 0 Å². The van der Waals surface area contributed by atoms with E-state index < -0.39 is 0 Å². The summed E-state index contributed by atoms with van der Waals surface area (Å²) in [6.45, 7) is 0. The molecular formula is C47H29N3OS. The zero-order valence-electron chi connectivity index (χ0n) is 28.0. The summed E-state index contributed by atoms with van der Waals surface area (Å²) in [4.78, 5) is 10.5. The molecule has 0 saturated heterocycles. The molecule has 3 aromatic heterocycles. The molecule has 244 valence electrons. The average Bonchev–Trinajstić information content (AvgIpc) is 3.79. The minimum Gasteiger partial charge on any atom is -0.460 e. The first-order valence-electron chi connectivity index (χ1n) is 17.4. The molecule has 3 heterocycles. The van der Waals surface area contributed by atoms with Crippen LogP contribution in [0.3, 0.4) is 0 Å². The summed E-state index contributed by atoms with van der Waals surface area (Å²) >= 11 is 1.73. The van der Waals surface area contributed by atoms with Crippen LogP contribution >= 0.6 is 11.3 Å². The maximum Gasteiger partial charge on any atom is 0.160 e. The van der Waals surface area contributed by atoms with Crippen molar-refractivity contribution in [2.75, 3.05) is 0 Å². The fourth-order valence-corrected chi connectivity index (χ4v) is 8.59. The normalized spacial score (nSPS) is 12.4. The summed E-state index contributed by atoms with van der Waals surface area (Å²) in [6, 6.07) is 50.5. The van der Waals surface area contributed by atoms with Gasteiger partial charge in [-0.3, -0.25) is 0 Å². The van der Waals surface area contributed by atoms with Crippen molar-refractivity contribution in [3.63, 3.8) is 0 Å². The number of nitriles is 1. The molecule has 0 unspecified atom stereocenters. The molecule has 4 nitrogen and oxygen atoms in total. The van der Waals surface area contributed by atoms with Crippen LogP contribution in [0.2, 0.25) is 0 Å². The Labute approximate surface area is 304 Å². The number of allylic oxidation sites excluding steroid dienone is 1. The molecule has 6 aromatic carbocycles. The summed E-state index contributed by atoms with van der Waals surface area (Å²) in [5.74, 6) is 1.74. The highest BCUT2D eigenvalue weighted by molar-refractivity contribution is 7.26. The summed E-state index contributed by atoms with van der Waals surface area (Å²) in [5, 5.41) is 11.8. The number of para-hydroxylation sites is 1. The highest BCUT2D eigenvalue weighted by Crippen LogP contribution is 2.42. The number of fused-ring (bicyclic) bond motifs is 6. The molecule has 5 heteroatoms. The Morgan fingerprint density at radius 1 is 0.615 bits per heavy atom. The van der Waals surface area contributed by atoms with Gasteiger partial charge in [0.25, 0.3) is 0 Å². The van der Waals surface area contributed by atoms with Crippen LogP contribution in [0.5, 0.6) is 0 Å². The smallest absolute Gasteiger partial charge is 0.160 e. The molecule has 0 saturated carbocycles. The van der Waals surface area contributed by atoms with Crippen LogP contribution in [0.4, 0.5) is 0 Å². The van der Waals surface area contributed by atoms with E-state index in [0.29, 0.717) is 11.4 Å². The molecule has 0 spiro atoms. The third kappa shape index (κ3) is 5.12. The van der Waals surface area contributed by atoms with Gasteiger partial charge < -0.3 is 4.42 Å². The van der Waals surface area contributed by atoms with Crippen molar-refractivity contribution in [3.05, 3.63) is 162 Å². The maximum absolute atomic E-state index is 9.50. The first kappa shape index (κ1) is 30.2. The zero-order chi connectivity index (χ0) is 34.6. The molecule has 1 aliphatic rings. The van der Waals surface area contributed by atoms with Crippen molar-refractivity contribution in [1.82, 2.24) is 9.97 Å². The van der Waals surface area contributed by atoms with E-state index in [1.54, 1.807) is 11.3 Å². The summed E-state index contributed by atoms with van der Waals surface area (Å²) < 4.78 is 8.72. The first-order chi connectivity index (χ1) is 25.7. The van der Waals surface area contributed by atoms with E-state index in [0.717, 1.165) is 90.0 Å². The van der Waals surface area contributed by atoms with Gasteiger partial charge in [-0.1, -0.05) is 115 Å². The number of benzene rings is 6. The van der Waals surface area contributed by atoms with E-state index in [4.69, 9.17) is 14.4 Å². The van der Waals surface area contributed by atoms with Crippen LogP contribution in [0, 0.1) is 11.3 Å². The van der Waals surface area contributed by atoms with Crippen molar-refractivity contribution in [2.24, 2.45) is 0 Å². The lowest BCUT2D eigenvalue weighted by Crippen LogP contribution is -1.94. The molecule has 0 amide bonds. The third-order valence-electron chi connectivity index (χ3n) is 9.96. The van der Waals surface area contributed by atoms with E-state index >= 15 is 0 Å². The summed E-state index contributed by atoms with van der Waals surface area (Å²) in [5.41, 5.74) is 13.1. The molecule has 1 aliphatic carbocycles. The van der Waals surface area contributed by atoms with Crippen LogP contribution in [-0.2, 0) is 6.42 Å². The lowest BCUT2D eigenvalue weighted by Gasteiger charge is -2.11. The summed E-state index contributed by atoms with van der Waals surface area (Å²) in [7, 11) is 0. The number of hydrogen-bond acceptors (Lipinski definition) is 5. The number of furan rings is 1. The predicted octanol–water partition coefficient (Wildman–Crippen LogP) is 12.8. The monoisotopic (exact) mass is 683 g/mol. The minimum atomic E-state index is 0.632. The van der Waals surface area contributed by atoms with E-state index in [1.807, 2.05) is 30.3 Å². The molecule has 0 fully saturated rings. The largest absolute Gasteiger partial charge is 0.460 e. The molecule has 0 bridgehead atoms. The first-order valence-corrected chi connectivity index (χ1v) is 18.2. The van der Waals surface area contributed by atoms with Gasteiger partial charge in [0.1, 0.15) is 11.3 Å². The highest BCUT2D eigenvalue weighted by atomic mass is 32.1. The van der Waals surface area contributed by atoms with E-state index in [2.05, 4.69) is 127 Å². The van der Waals surface area contributed by atoms with Crippen LogP contribution in [0.15, 0.2) is 150 Å². The molecule has 52 heavy (non-hydrogen) atoms. The van der Waals surface area contributed by atoms with Crippen LogP contribution in [0.25, 0.3) is 93.4 Å². The molecule has 0 atom stereocenters. The molecule has 10 rings (SSSR count). The van der Waals surface area contributed by atoms with Gasteiger partial charge in [0, 0.05) is 44.1 Å². The average molecular weight is 684 g/mol. The van der Waals surface area contributed by atoms with Crippen LogP contribution < -0.4 is 0 Å². The van der Waals surface area contributed by atoms with E-state index in [1.165, 1.54) is 15.6 Å².